The summed E-state index contributed by atoms with van der Waals surface area (Å²) in [6.45, 7) is 0. The van der Waals surface area contributed by atoms with E-state index in [4.69, 9.17) is 0 Å². The van der Waals surface area contributed by atoms with Gasteiger partial charge < -0.3 is 4.57 Å². The van der Waals surface area contributed by atoms with E-state index in [0.717, 1.165) is 6.07 Å². The average Bonchev–Trinajstić information content (AvgIpc) is 2.64. The lowest BCUT2D eigenvalue weighted by molar-refractivity contribution is -0.141. The maximum absolute atomic E-state index is 12.5. The molecule has 96 valence electrons. The number of carbonyl (C=O) groups excluding carboxylic acids is 1. The van der Waals surface area contributed by atoms with E-state index in [0.29, 0.717) is 0 Å². The third kappa shape index (κ3) is 2.12. The van der Waals surface area contributed by atoms with E-state index < -0.39 is 11.9 Å². The van der Waals surface area contributed by atoms with Crippen LogP contribution in [-0.4, -0.2) is 25.6 Å². The fraction of sp³-hybridized carbons (Fsp3) is 0.300. The molecule has 0 amide bonds. The van der Waals surface area contributed by atoms with Crippen molar-refractivity contribution in [2.75, 3.05) is 5.33 Å². The Morgan fingerprint density at radius 2 is 2.06 bits per heavy atom. The molecule has 0 aliphatic carbocycles. The third-order valence-corrected chi connectivity index (χ3v) is 2.89. The van der Waals surface area contributed by atoms with Gasteiger partial charge in [0.1, 0.15) is 11.2 Å². The highest BCUT2D eigenvalue weighted by Gasteiger charge is 2.33. The number of Topliss-reactive ketones (excluding diaryl/α,β-unsaturated/α-hetero) is 1. The molecule has 2 rings (SSSR count). The van der Waals surface area contributed by atoms with Gasteiger partial charge in [-0.2, -0.15) is 13.2 Å². The van der Waals surface area contributed by atoms with Crippen molar-refractivity contribution in [2.45, 2.75) is 6.18 Å². The molecule has 2 aromatic heterocycles. The van der Waals surface area contributed by atoms with Crippen LogP contribution < -0.4 is 0 Å². The highest BCUT2D eigenvalue weighted by atomic mass is 79.9. The van der Waals surface area contributed by atoms with Crippen molar-refractivity contribution in [3.8, 4) is 0 Å². The van der Waals surface area contributed by atoms with Crippen molar-refractivity contribution in [3.63, 3.8) is 0 Å². The zero-order valence-corrected chi connectivity index (χ0v) is 10.7. The number of pyridine rings is 1. The number of imidazole rings is 1. The second kappa shape index (κ2) is 4.34. The number of rotatable bonds is 2. The van der Waals surface area contributed by atoms with Crippen molar-refractivity contribution in [2.24, 2.45) is 7.05 Å². The monoisotopic (exact) mass is 321 g/mol. The van der Waals surface area contributed by atoms with Crippen LogP contribution in [0.4, 0.5) is 13.2 Å². The molecule has 0 unspecified atom stereocenters. The molecule has 2 aromatic rings. The highest BCUT2D eigenvalue weighted by molar-refractivity contribution is 9.09. The normalized spacial score (nSPS) is 12.1. The molecule has 0 saturated heterocycles. The van der Waals surface area contributed by atoms with Crippen LogP contribution in [0.15, 0.2) is 12.1 Å². The molecule has 0 atom stereocenters. The topological polar surface area (TPSA) is 47.8 Å². The van der Waals surface area contributed by atoms with Crippen molar-refractivity contribution >= 4 is 32.9 Å². The van der Waals surface area contributed by atoms with E-state index in [1.807, 2.05) is 0 Å². The Hall–Kier alpha value is -1.44. The first-order valence-electron chi connectivity index (χ1n) is 4.84. The second-order valence-electron chi connectivity index (χ2n) is 3.59. The van der Waals surface area contributed by atoms with Gasteiger partial charge in [-0.15, -0.1) is 0 Å². The molecule has 0 aliphatic rings. The molecule has 0 bridgehead atoms. The molecule has 0 radical (unpaired) electrons. The van der Waals surface area contributed by atoms with Crippen LogP contribution >= 0.6 is 15.9 Å². The largest absolute Gasteiger partial charge is 0.433 e. The fourth-order valence-electron chi connectivity index (χ4n) is 1.53. The van der Waals surface area contributed by atoms with E-state index >= 15 is 0 Å². The number of ketones is 1. The molecule has 0 saturated carbocycles. The van der Waals surface area contributed by atoms with Crippen LogP contribution in [-0.2, 0) is 13.2 Å². The van der Waals surface area contributed by atoms with Crippen LogP contribution in [0.1, 0.15) is 16.3 Å². The van der Waals surface area contributed by atoms with Crippen molar-refractivity contribution in [3.05, 3.63) is 23.7 Å². The molecule has 0 N–H and O–H groups in total. The third-order valence-electron chi connectivity index (χ3n) is 2.38. The first-order chi connectivity index (χ1) is 8.34. The molecule has 0 aliphatic heterocycles. The van der Waals surface area contributed by atoms with E-state index in [9.17, 15) is 18.0 Å². The first-order valence-corrected chi connectivity index (χ1v) is 5.96. The van der Waals surface area contributed by atoms with Gasteiger partial charge in [-0.1, -0.05) is 15.9 Å². The molecule has 0 spiro atoms. The Morgan fingerprint density at radius 1 is 1.39 bits per heavy atom. The molecular formula is C10H7BrF3N3O. The summed E-state index contributed by atoms with van der Waals surface area (Å²) in [5.41, 5.74) is -0.709. The Kier molecular flexibility index (Phi) is 3.14. The van der Waals surface area contributed by atoms with Gasteiger partial charge in [0.25, 0.3) is 0 Å². The van der Waals surface area contributed by atoms with Crippen LogP contribution in [0.2, 0.25) is 0 Å². The number of nitrogens with zero attached hydrogens (tertiary/aromatic N) is 3. The standard InChI is InChI=1S/C10H7BrF3N3O/c1-17-8-5(15-9(17)6(18)4-11)2-3-7(16-8)10(12,13)14/h2-3H,4H2,1H3. The van der Waals surface area contributed by atoms with Gasteiger partial charge in [0.15, 0.2) is 11.5 Å². The van der Waals surface area contributed by atoms with Crippen LogP contribution in [0, 0.1) is 0 Å². The Bertz CT molecular complexity index is 621. The Morgan fingerprint density at radius 3 is 2.61 bits per heavy atom. The molecule has 0 fully saturated rings. The Labute approximate surface area is 108 Å². The molecule has 4 nitrogen and oxygen atoms in total. The quantitative estimate of drug-likeness (QED) is 0.631. The predicted octanol–water partition coefficient (Wildman–Crippen LogP) is 2.56. The number of hydrogen-bond donors (Lipinski definition) is 0. The van der Waals surface area contributed by atoms with Gasteiger partial charge >= 0.3 is 6.18 Å². The summed E-state index contributed by atoms with van der Waals surface area (Å²) < 4.78 is 38.8. The van der Waals surface area contributed by atoms with Crippen molar-refractivity contribution < 1.29 is 18.0 Å². The van der Waals surface area contributed by atoms with Gasteiger partial charge in [-0.05, 0) is 12.1 Å². The molecule has 8 heteroatoms. The zero-order chi connectivity index (χ0) is 13.5. The minimum absolute atomic E-state index is 0.0362. The number of halogens is 4. The number of alkyl halides is 4. The highest BCUT2D eigenvalue weighted by Crippen LogP contribution is 2.28. The summed E-state index contributed by atoms with van der Waals surface area (Å²) in [5, 5.41) is 0.0519. The number of aromatic nitrogens is 3. The minimum Gasteiger partial charge on any atom is -0.309 e. The summed E-state index contributed by atoms with van der Waals surface area (Å²) in [4.78, 5) is 19.0. The van der Waals surface area contributed by atoms with Crippen molar-refractivity contribution in [1.29, 1.82) is 0 Å². The minimum atomic E-state index is -4.52. The van der Waals surface area contributed by atoms with Gasteiger partial charge in [0.05, 0.1) is 5.33 Å². The van der Waals surface area contributed by atoms with E-state index in [1.54, 1.807) is 0 Å². The van der Waals surface area contributed by atoms with Gasteiger partial charge in [0.2, 0.25) is 5.78 Å². The summed E-state index contributed by atoms with van der Waals surface area (Å²) in [5.74, 6) is -0.238. The van der Waals surface area contributed by atoms with Crippen LogP contribution in [0.5, 0.6) is 0 Å². The smallest absolute Gasteiger partial charge is 0.309 e. The lowest BCUT2D eigenvalue weighted by Gasteiger charge is -2.05. The van der Waals surface area contributed by atoms with Crippen molar-refractivity contribution in [1.82, 2.24) is 14.5 Å². The van der Waals surface area contributed by atoms with E-state index in [-0.39, 0.29) is 28.1 Å². The molecular weight excluding hydrogens is 315 g/mol. The van der Waals surface area contributed by atoms with Crippen LogP contribution in [0.25, 0.3) is 11.2 Å². The number of fused-ring (bicyclic) bond motifs is 1. The lowest BCUT2D eigenvalue weighted by atomic mass is 10.3. The summed E-state index contributed by atoms with van der Waals surface area (Å²) >= 11 is 2.99. The van der Waals surface area contributed by atoms with E-state index in [1.165, 1.54) is 17.7 Å². The number of aryl methyl sites for hydroxylation is 1. The number of hydrogen-bond acceptors (Lipinski definition) is 3. The van der Waals surface area contributed by atoms with Gasteiger partial charge in [0, 0.05) is 7.05 Å². The van der Waals surface area contributed by atoms with Gasteiger partial charge in [-0.3, -0.25) is 4.79 Å². The maximum atomic E-state index is 12.5. The SMILES string of the molecule is Cn1c(C(=O)CBr)nc2ccc(C(F)(F)F)nc21. The fourth-order valence-corrected chi connectivity index (χ4v) is 1.78. The average molecular weight is 322 g/mol. The zero-order valence-electron chi connectivity index (χ0n) is 9.12. The predicted molar refractivity (Wildman–Crippen MR) is 61.6 cm³/mol. The summed E-state index contributed by atoms with van der Waals surface area (Å²) in [6, 6.07) is 2.05. The van der Waals surface area contributed by atoms with Crippen LogP contribution in [0.3, 0.4) is 0 Å². The number of carbonyl (C=O) groups is 1. The first kappa shape index (κ1) is 13.0. The lowest BCUT2D eigenvalue weighted by Crippen LogP contribution is -2.10. The van der Waals surface area contributed by atoms with E-state index in [2.05, 4.69) is 25.9 Å². The summed E-state index contributed by atoms with van der Waals surface area (Å²) in [7, 11) is 1.46. The molecule has 18 heavy (non-hydrogen) atoms. The maximum Gasteiger partial charge on any atom is 0.433 e. The summed E-state index contributed by atoms with van der Waals surface area (Å²) in [6.07, 6.45) is -4.52. The second-order valence-corrected chi connectivity index (χ2v) is 4.15. The van der Waals surface area contributed by atoms with Gasteiger partial charge in [-0.25, -0.2) is 9.97 Å². The Balaban J connectivity index is 2.64. The molecule has 0 aromatic carbocycles. The molecule has 2 heterocycles.